The first-order valence-corrected chi connectivity index (χ1v) is 10.2. The molecule has 0 saturated carbocycles. The number of rotatable bonds is 10. The van der Waals surface area contributed by atoms with E-state index in [-0.39, 0.29) is 30.5 Å². The Morgan fingerprint density at radius 2 is 1.93 bits per heavy atom. The number of furan rings is 1. The minimum absolute atomic E-state index is 0. The van der Waals surface area contributed by atoms with Gasteiger partial charge >= 0.3 is 0 Å². The van der Waals surface area contributed by atoms with Crippen molar-refractivity contribution in [1.29, 1.82) is 0 Å². The normalized spacial score (nSPS) is 16.0. The Labute approximate surface area is 195 Å². The number of guanidine groups is 1. The Morgan fingerprint density at radius 1 is 1.17 bits per heavy atom. The van der Waals surface area contributed by atoms with E-state index < -0.39 is 6.10 Å². The van der Waals surface area contributed by atoms with Crippen LogP contribution in [0.1, 0.15) is 23.8 Å². The first kappa shape index (κ1) is 24.6. The molecule has 1 unspecified atom stereocenters. The van der Waals surface area contributed by atoms with Gasteiger partial charge in [0.05, 0.1) is 32.1 Å². The van der Waals surface area contributed by atoms with Gasteiger partial charge in [0, 0.05) is 45.0 Å². The monoisotopic (exact) mass is 529 g/mol. The molecule has 166 valence electrons. The van der Waals surface area contributed by atoms with Gasteiger partial charge in [0.1, 0.15) is 5.76 Å². The molecule has 3 N–H and O–H groups in total. The van der Waals surface area contributed by atoms with Gasteiger partial charge in [-0.05, 0) is 42.8 Å². The molecule has 3 heterocycles. The second-order valence-corrected chi connectivity index (χ2v) is 6.98. The zero-order chi connectivity index (χ0) is 20.2. The van der Waals surface area contributed by atoms with Crippen molar-refractivity contribution in [2.24, 2.45) is 4.99 Å². The molecular weight excluding hydrogens is 497 g/mol. The molecule has 1 saturated heterocycles. The summed E-state index contributed by atoms with van der Waals surface area (Å²) in [7, 11) is 0. The maximum atomic E-state index is 10.4. The van der Waals surface area contributed by atoms with Crippen LogP contribution in [-0.4, -0.2) is 73.4 Å². The average Bonchev–Trinajstić information content (AvgIpc) is 3.29. The zero-order valence-corrected chi connectivity index (χ0v) is 19.5. The van der Waals surface area contributed by atoms with Gasteiger partial charge in [-0.15, -0.1) is 24.0 Å². The van der Waals surface area contributed by atoms with Crippen molar-refractivity contribution < 1.29 is 14.3 Å². The molecule has 30 heavy (non-hydrogen) atoms. The fourth-order valence-corrected chi connectivity index (χ4v) is 3.14. The second kappa shape index (κ2) is 14.3. The number of aliphatic hydroxyl groups excluding tert-OH is 1. The van der Waals surface area contributed by atoms with E-state index in [0.29, 0.717) is 12.5 Å². The van der Waals surface area contributed by atoms with E-state index in [9.17, 15) is 5.11 Å². The smallest absolute Gasteiger partial charge is 0.191 e. The highest BCUT2D eigenvalue weighted by Crippen LogP contribution is 2.11. The Morgan fingerprint density at radius 3 is 2.67 bits per heavy atom. The van der Waals surface area contributed by atoms with Crippen molar-refractivity contribution >= 4 is 29.9 Å². The predicted octanol–water partition coefficient (Wildman–Crippen LogP) is 1.83. The van der Waals surface area contributed by atoms with Gasteiger partial charge in [-0.1, -0.05) is 0 Å². The van der Waals surface area contributed by atoms with Gasteiger partial charge in [-0.3, -0.25) is 14.9 Å². The number of halogens is 1. The summed E-state index contributed by atoms with van der Waals surface area (Å²) in [6.07, 6.45) is 6.16. The van der Waals surface area contributed by atoms with Crippen molar-refractivity contribution in [1.82, 2.24) is 20.5 Å². The van der Waals surface area contributed by atoms with Crippen LogP contribution in [0, 0.1) is 0 Å². The summed E-state index contributed by atoms with van der Waals surface area (Å²) >= 11 is 0. The lowest BCUT2D eigenvalue weighted by atomic mass is 10.1. The minimum atomic E-state index is -0.657. The maximum absolute atomic E-state index is 10.4. The topological polar surface area (TPSA) is 95.2 Å². The van der Waals surface area contributed by atoms with E-state index in [4.69, 9.17) is 9.15 Å². The van der Waals surface area contributed by atoms with Crippen LogP contribution in [0.15, 0.2) is 52.3 Å². The Balaban J connectivity index is 0.00000320. The molecule has 1 fully saturated rings. The highest BCUT2D eigenvalue weighted by atomic mass is 127. The largest absolute Gasteiger partial charge is 0.469 e. The van der Waals surface area contributed by atoms with Gasteiger partial charge in [0.15, 0.2) is 5.96 Å². The van der Waals surface area contributed by atoms with Crippen LogP contribution >= 0.6 is 24.0 Å². The Bertz CT molecular complexity index is 709. The zero-order valence-electron chi connectivity index (χ0n) is 17.2. The summed E-state index contributed by atoms with van der Waals surface area (Å²) in [5, 5.41) is 17.1. The molecule has 0 bridgehead atoms. The SMILES string of the molecule is I.OC(CN=C(NCCCN1CCOCC1)NCCc1ccco1)c1ccncc1. The Kier molecular flexibility index (Phi) is 11.7. The molecule has 1 aliphatic rings. The summed E-state index contributed by atoms with van der Waals surface area (Å²) in [5.41, 5.74) is 0.811. The number of hydrogen-bond acceptors (Lipinski definition) is 6. The number of nitrogens with zero attached hydrogens (tertiary/aromatic N) is 3. The summed E-state index contributed by atoms with van der Waals surface area (Å²) in [6.45, 7) is 6.48. The van der Waals surface area contributed by atoms with Crippen LogP contribution in [0.25, 0.3) is 0 Å². The number of aliphatic hydroxyl groups is 1. The Hall–Kier alpha value is -1.69. The van der Waals surface area contributed by atoms with Crippen molar-refractivity contribution in [2.75, 3.05) is 52.5 Å². The van der Waals surface area contributed by atoms with Gasteiger partial charge in [-0.25, -0.2) is 0 Å². The first-order valence-electron chi connectivity index (χ1n) is 10.2. The lowest BCUT2D eigenvalue weighted by Crippen LogP contribution is -2.41. The molecule has 0 aliphatic carbocycles. The fraction of sp³-hybridized carbons (Fsp3) is 0.524. The van der Waals surface area contributed by atoms with Crippen LogP contribution in [0.5, 0.6) is 0 Å². The van der Waals surface area contributed by atoms with Crippen molar-refractivity contribution in [3.8, 4) is 0 Å². The summed E-state index contributed by atoms with van der Waals surface area (Å²) < 4.78 is 10.8. The molecule has 0 radical (unpaired) electrons. The second-order valence-electron chi connectivity index (χ2n) is 6.98. The van der Waals surface area contributed by atoms with Gasteiger partial charge in [-0.2, -0.15) is 0 Å². The highest BCUT2D eigenvalue weighted by molar-refractivity contribution is 14.0. The number of pyridine rings is 1. The standard InChI is InChI=1S/C21H31N5O3.HI/c27-20(18-4-8-22-9-5-18)17-25-21(24-10-6-19-3-1-14-29-19)23-7-2-11-26-12-15-28-16-13-26;/h1,3-5,8-9,14,20,27H,2,6-7,10-13,15-17H2,(H2,23,24,25);1H. The third-order valence-corrected chi connectivity index (χ3v) is 4.80. The number of morpholine rings is 1. The summed E-state index contributed by atoms with van der Waals surface area (Å²) in [5.74, 6) is 1.63. The summed E-state index contributed by atoms with van der Waals surface area (Å²) in [4.78, 5) is 11.0. The van der Waals surface area contributed by atoms with Crippen LogP contribution in [0.3, 0.4) is 0 Å². The van der Waals surface area contributed by atoms with Crippen LogP contribution in [0.4, 0.5) is 0 Å². The van der Waals surface area contributed by atoms with Gasteiger partial charge in [0.25, 0.3) is 0 Å². The average molecular weight is 529 g/mol. The third kappa shape index (κ3) is 8.99. The molecule has 3 rings (SSSR count). The predicted molar refractivity (Wildman–Crippen MR) is 127 cm³/mol. The number of aromatic nitrogens is 1. The molecule has 1 aliphatic heterocycles. The van der Waals surface area contributed by atoms with E-state index in [2.05, 4.69) is 25.5 Å². The lowest BCUT2D eigenvalue weighted by molar-refractivity contribution is 0.0376. The molecule has 2 aromatic heterocycles. The van der Waals surface area contributed by atoms with Crippen molar-refractivity contribution in [3.63, 3.8) is 0 Å². The van der Waals surface area contributed by atoms with E-state index in [1.54, 1.807) is 30.8 Å². The molecule has 0 aromatic carbocycles. The number of nitrogens with one attached hydrogen (secondary N) is 2. The van der Waals surface area contributed by atoms with E-state index in [1.165, 1.54) is 0 Å². The highest BCUT2D eigenvalue weighted by Gasteiger charge is 2.10. The maximum Gasteiger partial charge on any atom is 0.191 e. The molecule has 0 spiro atoms. The van der Waals surface area contributed by atoms with Crippen molar-refractivity contribution in [3.05, 3.63) is 54.2 Å². The van der Waals surface area contributed by atoms with E-state index in [1.807, 2.05) is 12.1 Å². The van der Waals surface area contributed by atoms with Crippen LogP contribution in [-0.2, 0) is 11.2 Å². The summed E-state index contributed by atoms with van der Waals surface area (Å²) in [6, 6.07) is 7.46. The van der Waals surface area contributed by atoms with Gasteiger partial charge in [0.2, 0.25) is 0 Å². The molecule has 2 aromatic rings. The fourth-order valence-electron chi connectivity index (χ4n) is 3.14. The van der Waals surface area contributed by atoms with Crippen molar-refractivity contribution in [2.45, 2.75) is 18.9 Å². The molecular formula is C21H32IN5O3. The van der Waals surface area contributed by atoms with Crippen LogP contribution in [0.2, 0.25) is 0 Å². The lowest BCUT2D eigenvalue weighted by Gasteiger charge is -2.26. The van der Waals surface area contributed by atoms with Gasteiger partial charge < -0.3 is 24.9 Å². The quantitative estimate of drug-likeness (QED) is 0.187. The number of aliphatic imine (C=N–C) groups is 1. The number of ether oxygens (including phenoxy) is 1. The minimum Gasteiger partial charge on any atom is -0.469 e. The molecule has 9 heteroatoms. The first-order chi connectivity index (χ1) is 14.3. The molecule has 8 nitrogen and oxygen atoms in total. The van der Waals surface area contributed by atoms with Crippen LogP contribution < -0.4 is 10.6 Å². The number of hydrogen-bond donors (Lipinski definition) is 3. The van der Waals surface area contributed by atoms with E-state index >= 15 is 0 Å². The van der Waals surface area contributed by atoms with E-state index in [0.717, 1.165) is 63.6 Å². The molecule has 0 amide bonds. The third-order valence-electron chi connectivity index (χ3n) is 4.80. The molecule has 1 atom stereocenters.